The molecule has 0 aliphatic carbocycles. The van der Waals surface area contributed by atoms with Crippen LogP contribution in [0.5, 0.6) is 0 Å². The molecule has 2 aromatic rings. The molecule has 0 saturated carbocycles. The smallest absolute Gasteiger partial charge is 0.191 e. The van der Waals surface area contributed by atoms with E-state index in [1.54, 1.807) is 0 Å². The van der Waals surface area contributed by atoms with E-state index in [1.807, 2.05) is 49.4 Å². The van der Waals surface area contributed by atoms with Gasteiger partial charge in [0.2, 0.25) is 0 Å². The molecule has 0 aliphatic rings. The van der Waals surface area contributed by atoms with Crippen LogP contribution >= 0.6 is 0 Å². The predicted octanol–water partition coefficient (Wildman–Crippen LogP) is 4.08. The second kappa shape index (κ2) is 7.75. The number of ketones is 1. The molecule has 0 amide bonds. The summed E-state index contributed by atoms with van der Waals surface area (Å²) >= 11 is 0. The summed E-state index contributed by atoms with van der Waals surface area (Å²) in [4.78, 5) is 12.3. The summed E-state index contributed by atoms with van der Waals surface area (Å²) in [6, 6.07) is 17.9. The van der Waals surface area contributed by atoms with E-state index in [9.17, 15) is 4.79 Å². The lowest BCUT2D eigenvalue weighted by Crippen LogP contribution is -2.22. The molecule has 0 bridgehead atoms. The minimum atomic E-state index is -0.402. The fourth-order valence-electron chi connectivity index (χ4n) is 2.21. The zero-order chi connectivity index (χ0) is 15.1. The highest BCUT2D eigenvalue weighted by molar-refractivity contribution is 5.99. The number of Topliss-reactive ketones (excluding diaryl/α,β-unsaturated/α-hetero) is 1. The van der Waals surface area contributed by atoms with Gasteiger partial charge < -0.3 is 4.74 Å². The van der Waals surface area contributed by atoms with Gasteiger partial charge in [-0.05, 0) is 30.9 Å². The Morgan fingerprint density at radius 2 is 1.67 bits per heavy atom. The number of ether oxygens (including phenoxy) is 1. The first-order valence-electron chi connectivity index (χ1n) is 7.49. The monoisotopic (exact) mass is 282 g/mol. The van der Waals surface area contributed by atoms with Crippen molar-refractivity contribution >= 4 is 5.78 Å². The molecule has 0 radical (unpaired) electrons. The van der Waals surface area contributed by atoms with Crippen LogP contribution in [0.1, 0.15) is 35.3 Å². The summed E-state index contributed by atoms with van der Waals surface area (Å²) in [6.07, 6.45) is 1.41. The van der Waals surface area contributed by atoms with Crippen molar-refractivity contribution in [2.75, 3.05) is 6.61 Å². The lowest BCUT2D eigenvalue weighted by molar-refractivity contribution is 0.0487. The Kier molecular flexibility index (Phi) is 5.70. The van der Waals surface area contributed by atoms with E-state index in [0.717, 1.165) is 18.4 Å². The van der Waals surface area contributed by atoms with Crippen LogP contribution in [-0.2, 0) is 17.6 Å². The van der Waals surface area contributed by atoms with Crippen molar-refractivity contribution in [3.63, 3.8) is 0 Å². The number of carbonyl (C=O) groups excluding carboxylic acids is 1. The summed E-state index contributed by atoms with van der Waals surface area (Å²) in [7, 11) is 0. The van der Waals surface area contributed by atoms with Crippen LogP contribution < -0.4 is 0 Å². The molecule has 2 nitrogen and oxygen atoms in total. The maximum absolute atomic E-state index is 12.3. The Labute approximate surface area is 126 Å². The number of rotatable bonds is 7. The molecular weight excluding hydrogens is 260 g/mol. The van der Waals surface area contributed by atoms with E-state index < -0.39 is 6.10 Å². The molecule has 0 N–H and O–H groups in total. The van der Waals surface area contributed by atoms with Gasteiger partial charge in [0.25, 0.3) is 0 Å². The Hall–Kier alpha value is -1.93. The number of benzene rings is 2. The zero-order valence-corrected chi connectivity index (χ0v) is 12.7. The predicted molar refractivity (Wildman–Crippen MR) is 85.7 cm³/mol. The average molecular weight is 282 g/mol. The molecule has 0 spiro atoms. The summed E-state index contributed by atoms with van der Waals surface area (Å²) in [5.41, 5.74) is 3.19. The summed E-state index contributed by atoms with van der Waals surface area (Å²) in [5, 5.41) is 0. The molecule has 0 fully saturated rings. The second-order valence-corrected chi connectivity index (χ2v) is 5.16. The molecular formula is C19H22O2. The molecule has 0 aliphatic heterocycles. The third kappa shape index (κ3) is 4.54. The van der Waals surface area contributed by atoms with E-state index in [4.69, 9.17) is 4.74 Å². The maximum Gasteiger partial charge on any atom is 0.191 e. The number of carbonyl (C=O) groups is 1. The Balaban J connectivity index is 1.84. The van der Waals surface area contributed by atoms with Gasteiger partial charge in [0.15, 0.2) is 5.78 Å². The van der Waals surface area contributed by atoms with Gasteiger partial charge in [-0.2, -0.15) is 0 Å². The highest BCUT2D eigenvalue weighted by Gasteiger charge is 2.15. The van der Waals surface area contributed by atoms with Gasteiger partial charge >= 0.3 is 0 Å². The molecule has 2 heteroatoms. The lowest BCUT2D eigenvalue weighted by atomic mass is 10.0. The molecule has 1 unspecified atom stereocenters. The van der Waals surface area contributed by atoms with Gasteiger partial charge in [-0.1, -0.05) is 61.5 Å². The zero-order valence-electron chi connectivity index (χ0n) is 12.7. The topological polar surface area (TPSA) is 26.3 Å². The molecule has 0 heterocycles. The number of hydrogen-bond donors (Lipinski definition) is 0. The Bertz CT molecular complexity index is 558. The van der Waals surface area contributed by atoms with E-state index in [2.05, 4.69) is 19.1 Å². The van der Waals surface area contributed by atoms with Gasteiger partial charge in [0.05, 0.1) is 6.61 Å². The highest BCUT2D eigenvalue weighted by Crippen LogP contribution is 2.10. The third-order valence-corrected chi connectivity index (χ3v) is 3.62. The van der Waals surface area contributed by atoms with Gasteiger partial charge in [-0.3, -0.25) is 4.79 Å². The van der Waals surface area contributed by atoms with Gasteiger partial charge in [-0.25, -0.2) is 0 Å². The van der Waals surface area contributed by atoms with E-state index in [0.29, 0.717) is 6.61 Å². The van der Waals surface area contributed by atoms with Gasteiger partial charge in [-0.15, -0.1) is 0 Å². The van der Waals surface area contributed by atoms with Crippen molar-refractivity contribution in [1.82, 2.24) is 0 Å². The maximum atomic E-state index is 12.3. The lowest BCUT2D eigenvalue weighted by Gasteiger charge is -2.12. The van der Waals surface area contributed by atoms with E-state index >= 15 is 0 Å². The standard InChI is InChI=1S/C19H22O2/c1-3-16-9-11-18(12-10-16)19(20)15(2)21-14-13-17-7-5-4-6-8-17/h4-12,15H,3,13-14H2,1-2H3. The Morgan fingerprint density at radius 3 is 2.29 bits per heavy atom. The van der Waals surface area contributed by atoms with Crippen LogP contribution in [-0.4, -0.2) is 18.5 Å². The van der Waals surface area contributed by atoms with Crippen molar-refractivity contribution in [3.8, 4) is 0 Å². The normalized spacial score (nSPS) is 12.1. The summed E-state index contributed by atoms with van der Waals surface area (Å²) in [6.45, 7) is 4.48. The van der Waals surface area contributed by atoms with Crippen molar-refractivity contribution in [1.29, 1.82) is 0 Å². The minimum Gasteiger partial charge on any atom is -0.370 e. The first-order chi connectivity index (χ1) is 10.2. The van der Waals surface area contributed by atoms with Crippen LogP contribution in [0.4, 0.5) is 0 Å². The first kappa shape index (κ1) is 15.5. The van der Waals surface area contributed by atoms with Crippen molar-refractivity contribution < 1.29 is 9.53 Å². The highest BCUT2D eigenvalue weighted by atomic mass is 16.5. The van der Waals surface area contributed by atoms with Crippen molar-refractivity contribution in [3.05, 3.63) is 71.3 Å². The molecule has 1 atom stereocenters. The quantitative estimate of drug-likeness (QED) is 0.715. The molecule has 0 saturated heterocycles. The molecule has 2 aromatic carbocycles. The SMILES string of the molecule is CCc1ccc(C(=O)C(C)OCCc2ccccc2)cc1. The second-order valence-electron chi connectivity index (χ2n) is 5.16. The van der Waals surface area contributed by atoms with Crippen LogP contribution in [0, 0.1) is 0 Å². The summed E-state index contributed by atoms with van der Waals surface area (Å²) in [5.74, 6) is 0.0470. The molecule has 21 heavy (non-hydrogen) atoms. The largest absolute Gasteiger partial charge is 0.370 e. The third-order valence-electron chi connectivity index (χ3n) is 3.62. The van der Waals surface area contributed by atoms with Gasteiger partial charge in [0, 0.05) is 5.56 Å². The molecule has 0 aromatic heterocycles. The molecule has 110 valence electrons. The van der Waals surface area contributed by atoms with Gasteiger partial charge in [0.1, 0.15) is 6.10 Å². The average Bonchev–Trinajstić information content (AvgIpc) is 2.55. The van der Waals surface area contributed by atoms with Crippen molar-refractivity contribution in [2.45, 2.75) is 32.8 Å². The van der Waals surface area contributed by atoms with E-state index in [1.165, 1.54) is 11.1 Å². The fraction of sp³-hybridized carbons (Fsp3) is 0.316. The van der Waals surface area contributed by atoms with Crippen LogP contribution in [0.15, 0.2) is 54.6 Å². The van der Waals surface area contributed by atoms with Crippen LogP contribution in [0.25, 0.3) is 0 Å². The van der Waals surface area contributed by atoms with E-state index in [-0.39, 0.29) is 5.78 Å². The van der Waals surface area contributed by atoms with Crippen LogP contribution in [0.2, 0.25) is 0 Å². The molecule has 2 rings (SSSR count). The minimum absolute atomic E-state index is 0.0470. The number of aryl methyl sites for hydroxylation is 1. The first-order valence-corrected chi connectivity index (χ1v) is 7.49. The van der Waals surface area contributed by atoms with Crippen molar-refractivity contribution in [2.24, 2.45) is 0 Å². The Morgan fingerprint density at radius 1 is 1.00 bits per heavy atom. The number of hydrogen-bond acceptors (Lipinski definition) is 2. The fourth-order valence-corrected chi connectivity index (χ4v) is 2.21. The van der Waals surface area contributed by atoms with Crippen LogP contribution in [0.3, 0.4) is 0 Å². The summed E-state index contributed by atoms with van der Waals surface area (Å²) < 4.78 is 5.67.